The van der Waals surface area contributed by atoms with Crippen molar-refractivity contribution in [3.05, 3.63) is 18.2 Å². The molecule has 3 rings (SSSR count). The van der Waals surface area contributed by atoms with Gasteiger partial charge in [-0.1, -0.05) is 6.42 Å². The number of rotatable bonds is 6. The van der Waals surface area contributed by atoms with Crippen molar-refractivity contribution in [2.75, 3.05) is 31.6 Å². The van der Waals surface area contributed by atoms with Crippen LogP contribution >= 0.6 is 0 Å². The Morgan fingerprint density at radius 2 is 2.04 bits per heavy atom. The zero-order valence-electron chi connectivity index (χ0n) is 15.2. The minimum Gasteiger partial charge on any atom is -0.492 e. The third kappa shape index (κ3) is 4.19. The summed E-state index contributed by atoms with van der Waals surface area (Å²) >= 11 is 0. The predicted octanol–water partition coefficient (Wildman–Crippen LogP) is 1.95. The number of nitrogens with one attached hydrogen (secondary N) is 2. The average Bonchev–Trinajstić information content (AvgIpc) is 3.19. The van der Waals surface area contributed by atoms with Gasteiger partial charge in [-0.25, -0.2) is 8.42 Å². The molecule has 2 fully saturated rings. The highest BCUT2D eigenvalue weighted by molar-refractivity contribution is 7.89. The highest BCUT2D eigenvalue weighted by Gasteiger charge is 2.30. The van der Waals surface area contributed by atoms with Gasteiger partial charge in [-0.15, -0.1) is 0 Å². The molecule has 0 bridgehead atoms. The molecule has 0 radical (unpaired) electrons. The molecule has 2 aliphatic heterocycles. The maximum Gasteiger partial charge on any atom is 0.246 e. The van der Waals surface area contributed by atoms with Gasteiger partial charge in [0.25, 0.3) is 0 Å². The summed E-state index contributed by atoms with van der Waals surface area (Å²) in [5, 5.41) is 6.04. The van der Waals surface area contributed by atoms with E-state index in [1.54, 1.807) is 12.1 Å². The summed E-state index contributed by atoms with van der Waals surface area (Å²) in [4.78, 5) is 12.6. The lowest BCUT2D eigenvalue weighted by Crippen LogP contribution is -2.43. The van der Waals surface area contributed by atoms with Crippen molar-refractivity contribution >= 4 is 21.6 Å². The number of benzene rings is 1. The van der Waals surface area contributed by atoms with E-state index >= 15 is 0 Å². The summed E-state index contributed by atoms with van der Waals surface area (Å²) in [5.74, 6) is 0.201. The van der Waals surface area contributed by atoms with Crippen LogP contribution in [0, 0.1) is 0 Å². The fourth-order valence-electron chi connectivity index (χ4n) is 3.43. The number of hydrogen-bond acceptors (Lipinski definition) is 5. The lowest BCUT2D eigenvalue weighted by molar-refractivity contribution is -0.118. The number of anilines is 1. The van der Waals surface area contributed by atoms with E-state index in [1.807, 2.05) is 6.92 Å². The van der Waals surface area contributed by atoms with Crippen molar-refractivity contribution in [3.63, 3.8) is 0 Å². The third-order valence-electron chi connectivity index (χ3n) is 4.82. The summed E-state index contributed by atoms with van der Waals surface area (Å²) in [5.41, 5.74) is 0.476. The molecule has 1 amide bonds. The van der Waals surface area contributed by atoms with E-state index in [9.17, 15) is 13.2 Å². The molecule has 1 aromatic rings. The zero-order valence-corrected chi connectivity index (χ0v) is 16.0. The molecule has 26 heavy (non-hydrogen) atoms. The van der Waals surface area contributed by atoms with E-state index in [0.29, 0.717) is 31.1 Å². The van der Waals surface area contributed by atoms with Crippen molar-refractivity contribution < 1.29 is 17.9 Å². The van der Waals surface area contributed by atoms with Crippen LogP contribution in [0.3, 0.4) is 0 Å². The summed E-state index contributed by atoms with van der Waals surface area (Å²) in [7, 11) is -3.63. The van der Waals surface area contributed by atoms with Crippen molar-refractivity contribution in [2.24, 2.45) is 0 Å². The molecule has 2 N–H and O–H groups in total. The Balaban J connectivity index is 1.85. The topological polar surface area (TPSA) is 87.7 Å². The highest BCUT2D eigenvalue weighted by atomic mass is 32.2. The van der Waals surface area contributed by atoms with Crippen LogP contribution < -0.4 is 15.4 Å². The lowest BCUT2D eigenvalue weighted by Gasteiger charge is -2.23. The standard InChI is InChI=1S/C18H27N3O4S/c1-2-25-16-9-8-14(20-18(22)15-7-3-4-10-19-15)13-17(16)26(23,24)21-11-5-6-12-21/h8-9,13,15,19H,2-7,10-12H2,1H3,(H,20,22). The quantitative estimate of drug-likeness (QED) is 0.786. The Morgan fingerprint density at radius 1 is 1.27 bits per heavy atom. The van der Waals surface area contributed by atoms with Crippen molar-refractivity contribution in [3.8, 4) is 5.75 Å². The summed E-state index contributed by atoms with van der Waals surface area (Å²) < 4.78 is 33.0. The molecule has 0 spiro atoms. The third-order valence-corrected chi connectivity index (χ3v) is 6.74. The van der Waals surface area contributed by atoms with Gasteiger partial charge in [0.1, 0.15) is 10.6 Å². The number of carbonyl (C=O) groups is 1. The number of piperidine rings is 1. The Hall–Kier alpha value is -1.64. The Labute approximate surface area is 155 Å². The van der Waals surface area contributed by atoms with E-state index in [1.165, 1.54) is 10.4 Å². The number of carbonyl (C=O) groups excluding carboxylic acids is 1. The molecule has 144 valence electrons. The molecule has 8 heteroatoms. The first-order chi connectivity index (χ1) is 12.5. The van der Waals surface area contributed by atoms with Crippen LogP contribution in [0.2, 0.25) is 0 Å². The number of amides is 1. The van der Waals surface area contributed by atoms with Crippen LogP contribution in [0.15, 0.2) is 23.1 Å². The normalized spacial score (nSPS) is 21.5. The maximum absolute atomic E-state index is 13.0. The SMILES string of the molecule is CCOc1ccc(NC(=O)C2CCCCN2)cc1S(=O)(=O)N1CCCC1. The smallest absolute Gasteiger partial charge is 0.246 e. The first-order valence-corrected chi connectivity index (χ1v) is 10.8. The van der Waals surface area contributed by atoms with Crippen molar-refractivity contribution in [1.29, 1.82) is 0 Å². The fourth-order valence-corrected chi connectivity index (χ4v) is 5.11. The first-order valence-electron chi connectivity index (χ1n) is 9.33. The van der Waals surface area contributed by atoms with Gasteiger partial charge in [-0.3, -0.25) is 4.79 Å². The second-order valence-corrected chi connectivity index (χ2v) is 8.60. The van der Waals surface area contributed by atoms with E-state index < -0.39 is 10.0 Å². The van der Waals surface area contributed by atoms with E-state index in [0.717, 1.165) is 38.6 Å². The molecule has 1 atom stereocenters. The summed E-state index contributed by atoms with van der Waals surface area (Å²) in [6.07, 6.45) is 4.62. The van der Waals surface area contributed by atoms with Crippen molar-refractivity contribution in [1.82, 2.24) is 9.62 Å². The van der Waals surface area contributed by atoms with Gasteiger partial charge in [-0.2, -0.15) is 4.31 Å². The lowest BCUT2D eigenvalue weighted by atomic mass is 10.0. The number of ether oxygens (including phenoxy) is 1. The molecule has 0 aliphatic carbocycles. The Kier molecular flexibility index (Phi) is 6.16. The maximum atomic E-state index is 13.0. The van der Waals surface area contributed by atoms with Gasteiger partial charge in [0.05, 0.1) is 12.6 Å². The largest absolute Gasteiger partial charge is 0.492 e. The summed E-state index contributed by atoms with van der Waals surface area (Å²) in [6, 6.07) is 4.60. The zero-order chi connectivity index (χ0) is 18.6. The first kappa shape index (κ1) is 19.1. The van der Waals surface area contributed by atoms with Gasteiger partial charge >= 0.3 is 0 Å². The van der Waals surface area contributed by atoms with Crippen LogP contribution in [0.25, 0.3) is 0 Å². The van der Waals surface area contributed by atoms with Gasteiger partial charge in [0.2, 0.25) is 15.9 Å². The second kappa shape index (κ2) is 8.37. The van der Waals surface area contributed by atoms with Crippen LogP contribution in [0.5, 0.6) is 5.75 Å². The van der Waals surface area contributed by atoms with Crippen LogP contribution in [0.1, 0.15) is 39.0 Å². The monoisotopic (exact) mass is 381 g/mol. The molecular weight excluding hydrogens is 354 g/mol. The number of sulfonamides is 1. The minimum absolute atomic E-state index is 0.121. The molecular formula is C18H27N3O4S. The van der Waals surface area contributed by atoms with E-state index in [2.05, 4.69) is 10.6 Å². The summed E-state index contributed by atoms with van der Waals surface area (Å²) in [6.45, 7) is 4.07. The molecule has 2 heterocycles. The molecule has 2 saturated heterocycles. The fraction of sp³-hybridized carbons (Fsp3) is 0.611. The average molecular weight is 381 g/mol. The van der Waals surface area contributed by atoms with Crippen LogP contribution in [-0.4, -0.2) is 50.9 Å². The number of hydrogen-bond donors (Lipinski definition) is 2. The molecule has 0 aromatic heterocycles. The van der Waals surface area contributed by atoms with E-state index in [4.69, 9.17) is 4.74 Å². The second-order valence-electron chi connectivity index (χ2n) is 6.70. The molecule has 7 nitrogen and oxygen atoms in total. The highest BCUT2D eigenvalue weighted by Crippen LogP contribution is 2.31. The molecule has 1 aromatic carbocycles. The molecule has 0 saturated carbocycles. The molecule has 2 aliphatic rings. The van der Waals surface area contributed by atoms with Gasteiger partial charge in [0, 0.05) is 18.8 Å². The van der Waals surface area contributed by atoms with Gasteiger partial charge in [-0.05, 0) is 57.4 Å². The minimum atomic E-state index is -3.63. The van der Waals surface area contributed by atoms with Gasteiger partial charge in [0.15, 0.2) is 0 Å². The van der Waals surface area contributed by atoms with Crippen molar-refractivity contribution in [2.45, 2.75) is 50.0 Å². The van der Waals surface area contributed by atoms with Crippen LogP contribution in [-0.2, 0) is 14.8 Å². The van der Waals surface area contributed by atoms with Gasteiger partial charge < -0.3 is 15.4 Å². The van der Waals surface area contributed by atoms with E-state index in [-0.39, 0.29) is 16.8 Å². The Morgan fingerprint density at radius 3 is 2.69 bits per heavy atom. The number of nitrogens with zero attached hydrogens (tertiary/aromatic N) is 1. The van der Waals surface area contributed by atoms with Crippen LogP contribution in [0.4, 0.5) is 5.69 Å². The Bertz CT molecular complexity index is 739. The predicted molar refractivity (Wildman–Crippen MR) is 99.9 cm³/mol. The molecule has 1 unspecified atom stereocenters.